The smallest absolute Gasteiger partial charge is 0.407 e. The van der Waals surface area contributed by atoms with E-state index in [9.17, 15) is 9.59 Å². The van der Waals surface area contributed by atoms with Crippen LogP contribution in [0.1, 0.15) is 12.0 Å². The number of amides is 1. The number of carboxylic acid groups (broad SMARTS) is 1. The van der Waals surface area contributed by atoms with Gasteiger partial charge in [0, 0.05) is 14.2 Å². The van der Waals surface area contributed by atoms with Gasteiger partial charge in [0.2, 0.25) is 0 Å². The van der Waals surface area contributed by atoms with Crippen LogP contribution in [0.3, 0.4) is 0 Å². The SMILES string of the molecule is COC(OC)[C@H](CC(=O)O)NC(=O)OCc1ccccc1. The number of aliphatic carboxylic acids is 1. The van der Waals surface area contributed by atoms with E-state index in [1.54, 1.807) is 0 Å². The molecule has 2 N–H and O–H groups in total. The van der Waals surface area contributed by atoms with Gasteiger partial charge in [-0.15, -0.1) is 0 Å². The third-order valence-electron chi connectivity index (χ3n) is 2.70. The zero-order valence-electron chi connectivity index (χ0n) is 11.9. The first-order chi connectivity index (χ1) is 10.1. The van der Waals surface area contributed by atoms with E-state index in [1.165, 1.54) is 14.2 Å². The largest absolute Gasteiger partial charge is 0.481 e. The summed E-state index contributed by atoms with van der Waals surface area (Å²) in [7, 11) is 2.72. The lowest BCUT2D eigenvalue weighted by Gasteiger charge is -2.24. The Kier molecular flexibility index (Phi) is 7.20. The van der Waals surface area contributed by atoms with E-state index in [1.807, 2.05) is 30.3 Å². The van der Waals surface area contributed by atoms with Gasteiger partial charge in [-0.1, -0.05) is 30.3 Å². The summed E-state index contributed by atoms with van der Waals surface area (Å²) in [6, 6.07) is 8.30. The lowest BCUT2D eigenvalue weighted by atomic mass is 10.2. The molecule has 0 heterocycles. The summed E-state index contributed by atoms with van der Waals surface area (Å²) in [5.41, 5.74) is 0.831. The highest BCUT2D eigenvalue weighted by Crippen LogP contribution is 2.06. The molecule has 1 aromatic carbocycles. The second-order valence-corrected chi connectivity index (χ2v) is 4.25. The molecule has 7 nitrogen and oxygen atoms in total. The quantitative estimate of drug-likeness (QED) is 0.704. The van der Waals surface area contributed by atoms with Gasteiger partial charge in [0.05, 0.1) is 12.5 Å². The number of carbonyl (C=O) groups is 2. The van der Waals surface area contributed by atoms with Crippen molar-refractivity contribution in [3.8, 4) is 0 Å². The number of hydrogen-bond acceptors (Lipinski definition) is 5. The van der Waals surface area contributed by atoms with Crippen molar-refractivity contribution in [1.29, 1.82) is 0 Å². The Balaban J connectivity index is 2.53. The number of ether oxygens (including phenoxy) is 3. The van der Waals surface area contributed by atoms with Crippen LogP contribution in [0.15, 0.2) is 30.3 Å². The third-order valence-corrected chi connectivity index (χ3v) is 2.70. The molecule has 21 heavy (non-hydrogen) atoms. The van der Waals surface area contributed by atoms with Crippen molar-refractivity contribution in [3.05, 3.63) is 35.9 Å². The second kappa shape index (κ2) is 8.93. The Labute approximate surface area is 122 Å². The second-order valence-electron chi connectivity index (χ2n) is 4.25. The number of methoxy groups -OCH3 is 2. The first kappa shape index (κ1) is 16.9. The first-order valence-electron chi connectivity index (χ1n) is 6.31. The minimum Gasteiger partial charge on any atom is -0.481 e. The van der Waals surface area contributed by atoms with Crippen LogP contribution in [0.4, 0.5) is 4.79 Å². The van der Waals surface area contributed by atoms with E-state index in [-0.39, 0.29) is 13.0 Å². The maximum Gasteiger partial charge on any atom is 0.407 e. The molecule has 116 valence electrons. The highest BCUT2D eigenvalue weighted by atomic mass is 16.7. The molecule has 1 rings (SSSR count). The van der Waals surface area contributed by atoms with E-state index < -0.39 is 24.4 Å². The maximum atomic E-state index is 11.7. The Morgan fingerprint density at radius 1 is 1.19 bits per heavy atom. The predicted octanol–water partition coefficient (Wildman–Crippen LogP) is 1.37. The number of carboxylic acids is 1. The molecule has 0 aromatic heterocycles. The van der Waals surface area contributed by atoms with Gasteiger partial charge in [-0.3, -0.25) is 4.79 Å². The van der Waals surface area contributed by atoms with Crippen LogP contribution >= 0.6 is 0 Å². The fraction of sp³-hybridized carbons (Fsp3) is 0.429. The summed E-state index contributed by atoms with van der Waals surface area (Å²) in [6.45, 7) is 0.0943. The monoisotopic (exact) mass is 297 g/mol. The van der Waals surface area contributed by atoms with Gasteiger partial charge >= 0.3 is 12.1 Å². The number of nitrogens with one attached hydrogen (secondary N) is 1. The summed E-state index contributed by atoms with van der Waals surface area (Å²) in [5.74, 6) is -1.08. The van der Waals surface area contributed by atoms with Gasteiger partial charge in [-0.25, -0.2) is 4.79 Å². The van der Waals surface area contributed by atoms with Crippen LogP contribution in [0.25, 0.3) is 0 Å². The van der Waals surface area contributed by atoms with Gasteiger partial charge in [0.15, 0.2) is 6.29 Å². The molecule has 0 spiro atoms. The van der Waals surface area contributed by atoms with Crippen LogP contribution in [-0.4, -0.2) is 43.7 Å². The van der Waals surface area contributed by atoms with E-state index in [0.29, 0.717) is 0 Å². The number of benzene rings is 1. The summed E-state index contributed by atoms with van der Waals surface area (Å²) >= 11 is 0. The molecule has 7 heteroatoms. The summed E-state index contributed by atoms with van der Waals surface area (Å²) in [4.78, 5) is 22.5. The summed E-state index contributed by atoms with van der Waals surface area (Å²) < 4.78 is 15.0. The third kappa shape index (κ3) is 6.24. The Morgan fingerprint density at radius 3 is 2.33 bits per heavy atom. The van der Waals surface area contributed by atoms with Crippen LogP contribution in [0, 0.1) is 0 Å². The number of alkyl carbamates (subject to hydrolysis) is 1. The lowest BCUT2D eigenvalue weighted by molar-refractivity contribution is -0.147. The molecular weight excluding hydrogens is 278 g/mol. The zero-order valence-corrected chi connectivity index (χ0v) is 11.9. The summed E-state index contributed by atoms with van der Waals surface area (Å²) in [6.07, 6.45) is -1.94. The molecule has 0 aliphatic heterocycles. The number of rotatable bonds is 8. The van der Waals surface area contributed by atoms with Crippen molar-refractivity contribution >= 4 is 12.1 Å². The molecular formula is C14H19NO6. The Bertz CT molecular complexity index is 446. The van der Waals surface area contributed by atoms with E-state index in [0.717, 1.165) is 5.56 Å². The molecule has 0 fully saturated rings. The van der Waals surface area contributed by atoms with Crippen molar-refractivity contribution in [2.24, 2.45) is 0 Å². The van der Waals surface area contributed by atoms with Crippen molar-refractivity contribution in [3.63, 3.8) is 0 Å². The Morgan fingerprint density at radius 2 is 1.81 bits per heavy atom. The lowest BCUT2D eigenvalue weighted by Crippen LogP contribution is -2.46. The standard InChI is InChI=1S/C14H19NO6/c1-19-13(20-2)11(8-12(16)17)15-14(18)21-9-10-6-4-3-5-7-10/h3-7,11,13H,8-9H2,1-2H3,(H,15,18)(H,16,17)/t11-/m0/s1. The normalized spacial score (nSPS) is 12.0. The minimum absolute atomic E-state index is 0.0943. The molecule has 0 bridgehead atoms. The zero-order chi connectivity index (χ0) is 15.7. The average molecular weight is 297 g/mol. The van der Waals surface area contributed by atoms with Gasteiger partial charge in [0.25, 0.3) is 0 Å². The fourth-order valence-electron chi connectivity index (χ4n) is 1.74. The first-order valence-corrected chi connectivity index (χ1v) is 6.31. The molecule has 1 amide bonds. The van der Waals surface area contributed by atoms with Crippen LogP contribution in [-0.2, 0) is 25.6 Å². The molecule has 0 unspecified atom stereocenters. The van der Waals surface area contributed by atoms with Crippen molar-refractivity contribution < 1.29 is 28.9 Å². The number of hydrogen-bond donors (Lipinski definition) is 2. The van der Waals surface area contributed by atoms with Crippen molar-refractivity contribution in [2.75, 3.05) is 14.2 Å². The van der Waals surface area contributed by atoms with Crippen molar-refractivity contribution in [1.82, 2.24) is 5.32 Å². The molecule has 0 aliphatic carbocycles. The van der Waals surface area contributed by atoms with E-state index in [2.05, 4.69) is 5.32 Å². The van der Waals surface area contributed by atoms with E-state index >= 15 is 0 Å². The molecule has 1 aromatic rings. The molecule has 0 saturated carbocycles. The van der Waals surface area contributed by atoms with Gasteiger partial charge in [-0.2, -0.15) is 0 Å². The van der Waals surface area contributed by atoms with E-state index in [4.69, 9.17) is 19.3 Å². The fourth-order valence-corrected chi connectivity index (χ4v) is 1.74. The van der Waals surface area contributed by atoms with Gasteiger partial charge < -0.3 is 24.6 Å². The molecule has 1 atom stereocenters. The molecule has 0 aliphatic rings. The highest BCUT2D eigenvalue weighted by molar-refractivity contribution is 5.71. The maximum absolute atomic E-state index is 11.7. The van der Waals surface area contributed by atoms with Gasteiger partial charge in [0.1, 0.15) is 6.61 Å². The topological polar surface area (TPSA) is 94.1 Å². The van der Waals surface area contributed by atoms with Gasteiger partial charge in [-0.05, 0) is 5.56 Å². The average Bonchev–Trinajstić information content (AvgIpc) is 2.47. The molecule has 0 saturated heterocycles. The molecule has 0 radical (unpaired) electrons. The predicted molar refractivity (Wildman–Crippen MR) is 73.6 cm³/mol. The number of carbonyl (C=O) groups excluding carboxylic acids is 1. The Hall–Kier alpha value is -2.12. The highest BCUT2D eigenvalue weighted by Gasteiger charge is 2.26. The van der Waals surface area contributed by atoms with Crippen LogP contribution < -0.4 is 5.32 Å². The van der Waals surface area contributed by atoms with Crippen LogP contribution in [0.2, 0.25) is 0 Å². The van der Waals surface area contributed by atoms with Crippen molar-refractivity contribution in [2.45, 2.75) is 25.4 Å². The summed E-state index contributed by atoms with van der Waals surface area (Å²) in [5, 5.41) is 11.3. The minimum atomic E-state index is -1.08. The van der Waals surface area contributed by atoms with Crippen LogP contribution in [0.5, 0.6) is 0 Å².